The minimum Gasteiger partial charge on any atom is -0.496 e. The Morgan fingerprint density at radius 3 is 2.68 bits per heavy atom. The third kappa shape index (κ3) is 3.38. The van der Waals surface area contributed by atoms with E-state index in [1.54, 1.807) is 7.11 Å². The highest BCUT2D eigenvalue weighted by Crippen LogP contribution is 2.35. The lowest BCUT2D eigenvalue weighted by atomic mass is 9.88. The van der Waals surface area contributed by atoms with Crippen molar-refractivity contribution < 1.29 is 9.53 Å². The van der Waals surface area contributed by atoms with E-state index in [2.05, 4.69) is 4.90 Å². The van der Waals surface area contributed by atoms with Gasteiger partial charge in [-0.15, -0.1) is 0 Å². The first-order valence-corrected chi connectivity index (χ1v) is 6.54. The summed E-state index contributed by atoms with van der Waals surface area (Å²) in [5, 5.41) is 0. The molecule has 1 aliphatic heterocycles. The number of rotatable bonds is 4. The van der Waals surface area contributed by atoms with E-state index in [1.165, 1.54) is 5.56 Å². The Morgan fingerprint density at radius 1 is 1.42 bits per heavy atom. The molecule has 2 rings (SSSR count). The Labute approximate surface area is 113 Å². The van der Waals surface area contributed by atoms with Gasteiger partial charge >= 0.3 is 0 Å². The number of carbonyl (C=O) groups excluding carboxylic acids is 1. The number of hydrogen-bond donors (Lipinski definition) is 2. The quantitative estimate of drug-likeness (QED) is 0.792. The summed E-state index contributed by atoms with van der Waals surface area (Å²) in [5.74, 6) is 1.05. The maximum absolute atomic E-state index is 10.9. The summed E-state index contributed by atoms with van der Waals surface area (Å²) in [5.41, 5.74) is 12.9. The second-order valence-corrected chi connectivity index (χ2v) is 5.02. The van der Waals surface area contributed by atoms with Crippen LogP contribution in [0.15, 0.2) is 18.2 Å². The van der Waals surface area contributed by atoms with Crippen molar-refractivity contribution in [3.8, 4) is 5.75 Å². The van der Waals surface area contributed by atoms with E-state index in [4.69, 9.17) is 16.2 Å². The molecule has 0 aliphatic carbocycles. The van der Waals surface area contributed by atoms with Crippen LogP contribution in [-0.4, -0.2) is 37.6 Å². The van der Waals surface area contributed by atoms with E-state index in [1.807, 2.05) is 18.2 Å². The zero-order valence-corrected chi connectivity index (χ0v) is 11.3. The first-order valence-electron chi connectivity index (χ1n) is 6.54. The maximum Gasteiger partial charge on any atom is 0.231 e. The Bertz CT molecular complexity index is 454. The number of likely N-dealkylation sites (tertiary alicyclic amines) is 1. The molecular formula is C14H21N3O2. The van der Waals surface area contributed by atoms with Crippen LogP contribution >= 0.6 is 0 Å². The largest absolute Gasteiger partial charge is 0.496 e. The van der Waals surface area contributed by atoms with Gasteiger partial charge in [-0.3, -0.25) is 9.69 Å². The van der Waals surface area contributed by atoms with Crippen LogP contribution in [0.4, 0.5) is 5.69 Å². The van der Waals surface area contributed by atoms with Crippen molar-refractivity contribution in [1.29, 1.82) is 0 Å². The van der Waals surface area contributed by atoms with Crippen LogP contribution in [0.3, 0.4) is 0 Å². The van der Waals surface area contributed by atoms with E-state index in [0.29, 0.717) is 18.2 Å². The molecule has 4 N–H and O–H groups in total. The molecule has 0 atom stereocenters. The molecule has 0 bridgehead atoms. The van der Waals surface area contributed by atoms with E-state index in [9.17, 15) is 4.79 Å². The number of amides is 1. The smallest absolute Gasteiger partial charge is 0.231 e. The molecule has 1 aromatic rings. The highest BCUT2D eigenvalue weighted by molar-refractivity contribution is 5.75. The number of anilines is 1. The molecule has 5 nitrogen and oxygen atoms in total. The van der Waals surface area contributed by atoms with Crippen LogP contribution in [0, 0.1) is 0 Å². The van der Waals surface area contributed by atoms with Crippen LogP contribution in [0.1, 0.15) is 24.3 Å². The summed E-state index contributed by atoms with van der Waals surface area (Å²) in [6.45, 7) is 2.13. The van der Waals surface area contributed by atoms with Gasteiger partial charge in [0.15, 0.2) is 0 Å². The number of ether oxygens (including phenoxy) is 1. The molecule has 104 valence electrons. The van der Waals surface area contributed by atoms with E-state index < -0.39 is 0 Å². The summed E-state index contributed by atoms with van der Waals surface area (Å²) in [4.78, 5) is 13.0. The third-order valence-electron chi connectivity index (χ3n) is 3.66. The predicted molar refractivity (Wildman–Crippen MR) is 75.0 cm³/mol. The van der Waals surface area contributed by atoms with Gasteiger partial charge in [0.2, 0.25) is 5.91 Å². The number of benzene rings is 1. The number of methoxy groups -OCH3 is 1. The van der Waals surface area contributed by atoms with E-state index in [0.717, 1.165) is 31.7 Å². The monoisotopic (exact) mass is 263 g/mol. The molecule has 1 fully saturated rings. The fourth-order valence-electron chi connectivity index (χ4n) is 2.69. The van der Waals surface area contributed by atoms with Crippen LogP contribution in [0.5, 0.6) is 5.75 Å². The van der Waals surface area contributed by atoms with Gasteiger partial charge < -0.3 is 16.2 Å². The standard InChI is InChI=1S/C14H21N3O2/c1-19-13-8-11(15)2-3-12(13)10-4-6-17(7-5-10)9-14(16)18/h2-3,8,10H,4-7,9,15H2,1H3,(H2,16,18). The number of nitrogens with two attached hydrogens (primary N) is 2. The van der Waals surface area contributed by atoms with Gasteiger partial charge in [-0.2, -0.15) is 0 Å². The lowest BCUT2D eigenvalue weighted by Gasteiger charge is -2.31. The van der Waals surface area contributed by atoms with Crippen molar-refractivity contribution in [1.82, 2.24) is 4.90 Å². The van der Waals surface area contributed by atoms with Crippen LogP contribution in [0.25, 0.3) is 0 Å². The molecule has 1 amide bonds. The zero-order valence-electron chi connectivity index (χ0n) is 11.3. The molecule has 5 heteroatoms. The molecular weight excluding hydrogens is 242 g/mol. The average Bonchev–Trinajstić information content (AvgIpc) is 2.39. The second-order valence-electron chi connectivity index (χ2n) is 5.02. The molecule has 1 aliphatic rings. The first kappa shape index (κ1) is 13.7. The van der Waals surface area contributed by atoms with Crippen LogP contribution in [0.2, 0.25) is 0 Å². The Balaban J connectivity index is 2.03. The molecule has 0 aromatic heterocycles. The number of piperidine rings is 1. The second kappa shape index (κ2) is 5.93. The molecule has 1 aromatic carbocycles. The fraction of sp³-hybridized carbons (Fsp3) is 0.500. The highest BCUT2D eigenvalue weighted by atomic mass is 16.5. The van der Waals surface area contributed by atoms with Gasteiger partial charge in [0, 0.05) is 11.8 Å². The number of hydrogen-bond acceptors (Lipinski definition) is 4. The van der Waals surface area contributed by atoms with Crippen molar-refractivity contribution in [2.75, 3.05) is 32.5 Å². The minimum atomic E-state index is -0.261. The summed E-state index contributed by atoms with van der Waals surface area (Å²) in [7, 11) is 1.67. The summed E-state index contributed by atoms with van der Waals surface area (Å²) >= 11 is 0. The fourth-order valence-corrected chi connectivity index (χ4v) is 2.69. The number of carbonyl (C=O) groups is 1. The van der Waals surface area contributed by atoms with Crippen molar-refractivity contribution in [3.05, 3.63) is 23.8 Å². The number of nitrogen functional groups attached to an aromatic ring is 1. The van der Waals surface area contributed by atoms with Crippen molar-refractivity contribution in [2.24, 2.45) is 5.73 Å². The van der Waals surface area contributed by atoms with Crippen molar-refractivity contribution in [2.45, 2.75) is 18.8 Å². The van der Waals surface area contributed by atoms with Gasteiger partial charge in [-0.05, 0) is 43.5 Å². The van der Waals surface area contributed by atoms with Crippen LogP contribution in [-0.2, 0) is 4.79 Å². The molecule has 0 saturated carbocycles. The molecule has 0 spiro atoms. The average molecular weight is 263 g/mol. The SMILES string of the molecule is COc1cc(N)ccc1C1CCN(CC(N)=O)CC1. The molecule has 0 unspecified atom stereocenters. The first-order chi connectivity index (χ1) is 9.10. The summed E-state index contributed by atoms with van der Waals surface area (Å²) < 4.78 is 5.40. The van der Waals surface area contributed by atoms with Gasteiger partial charge in [-0.25, -0.2) is 0 Å². The Morgan fingerprint density at radius 2 is 2.11 bits per heavy atom. The van der Waals surface area contributed by atoms with E-state index in [-0.39, 0.29) is 5.91 Å². The zero-order chi connectivity index (χ0) is 13.8. The normalized spacial score (nSPS) is 17.3. The Hall–Kier alpha value is -1.75. The maximum atomic E-state index is 10.9. The van der Waals surface area contributed by atoms with Crippen molar-refractivity contribution in [3.63, 3.8) is 0 Å². The summed E-state index contributed by atoms with van der Waals surface area (Å²) in [6, 6.07) is 5.82. The van der Waals surface area contributed by atoms with Crippen molar-refractivity contribution >= 4 is 11.6 Å². The third-order valence-corrected chi connectivity index (χ3v) is 3.66. The molecule has 1 heterocycles. The van der Waals surface area contributed by atoms with Gasteiger partial charge in [-0.1, -0.05) is 6.07 Å². The van der Waals surface area contributed by atoms with Gasteiger partial charge in [0.25, 0.3) is 0 Å². The van der Waals surface area contributed by atoms with Crippen LogP contribution < -0.4 is 16.2 Å². The highest BCUT2D eigenvalue weighted by Gasteiger charge is 2.23. The molecule has 1 saturated heterocycles. The topological polar surface area (TPSA) is 81.6 Å². The van der Waals surface area contributed by atoms with Gasteiger partial charge in [0.05, 0.1) is 13.7 Å². The number of nitrogens with zero attached hydrogens (tertiary/aromatic N) is 1. The summed E-state index contributed by atoms with van der Waals surface area (Å²) in [6.07, 6.45) is 2.01. The van der Waals surface area contributed by atoms with Gasteiger partial charge in [0.1, 0.15) is 5.75 Å². The predicted octanol–water partition coefficient (Wildman–Crippen LogP) is 0.942. The van der Waals surface area contributed by atoms with E-state index >= 15 is 0 Å². The number of primary amides is 1. The Kier molecular flexibility index (Phi) is 4.27. The molecule has 19 heavy (non-hydrogen) atoms. The lowest BCUT2D eigenvalue weighted by molar-refractivity contribution is -0.119. The lowest BCUT2D eigenvalue weighted by Crippen LogP contribution is -2.39. The minimum absolute atomic E-state index is 0.261. The molecule has 0 radical (unpaired) electrons.